The van der Waals surface area contributed by atoms with Gasteiger partial charge in [0.05, 0.1) is 19.9 Å². The van der Waals surface area contributed by atoms with Gasteiger partial charge in [-0.3, -0.25) is 5.10 Å². The zero-order chi connectivity index (χ0) is 14.4. The van der Waals surface area contributed by atoms with E-state index in [-0.39, 0.29) is 0 Å². The van der Waals surface area contributed by atoms with Crippen LogP contribution in [-0.2, 0) is 0 Å². The summed E-state index contributed by atoms with van der Waals surface area (Å²) in [6.45, 7) is 2.67. The molecule has 1 N–H and O–H groups in total. The van der Waals surface area contributed by atoms with Crippen LogP contribution in [0.25, 0.3) is 0 Å². The summed E-state index contributed by atoms with van der Waals surface area (Å²) >= 11 is 5.03. The van der Waals surface area contributed by atoms with Crippen LogP contribution >= 0.6 is 12.2 Å². The van der Waals surface area contributed by atoms with Crippen molar-refractivity contribution in [2.75, 3.05) is 13.7 Å². The quantitative estimate of drug-likeness (QED) is 0.656. The Morgan fingerprint density at radius 3 is 3.00 bits per heavy atom. The van der Waals surface area contributed by atoms with Crippen LogP contribution < -0.4 is 9.47 Å². The number of ether oxygens (including phenoxy) is 2. The zero-order valence-corrected chi connectivity index (χ0v) is 12.2. The maximum absolute atomic E-state index is 5.73. The molecule has 0 radical (unpaired) electrons. The number of para-hydroxylation sites is 1. The summed E-state index contributed by atoms with van der Waals surface area (Å²) in [4.78, 5) is 0. The zero-order valence-electron chi connectivity index (χ0n) is 11.4. The van der Waals surface area contributed by atoms with Gasteiger partial charge in [-0.2, -0.15) is 14.9 Å². The number of H-pyrrole nitrogens is 1. The SMILES string of the molecule is CCCOc1c(/C=N/n2cn[nH]c2=S)cccc1OC. The average Bonchev–Trinajstić information content (AvgIpc) is 2.88. The van der Waals surface area contributed by atoms with Gasteiger partial charge in [-0.25, -0.2) is 0 Å². The van der Waals surface area contributed by atoms with Gasteiger partial charge in [0.1, 0.15) is 6.33 Å². The van der Waals surface area contributed by atoms with Gasteiger partial charge in [0.15, 0.2) is 11.5 Å². The molecule has 20 heavy (non-hydrogen) atoms. The minimum Gasteiger partial charge on any atom is -0.493 e. The van der Waals surface area contributed by atoms with Crippen LogP contribution in [0.2, 0.25) is 0 Å². The summed E-state index contributed by atoms with van der Waals surface area (Å²) < 4.78 is 12.9. The molecule has 6 nitrogen and oxygen atoms in total. The molecular weight excluding hydrogens is 276 g/mol. The highest BCUT2D eigenvalue weighted by molar-refractivity contribution is 7.71. The number of nitrogens with zero attached hydrogens (tertiary/aromatic N) is 3. The smallest absolute Gasteiger partial charge is 0.216 e. The van der Waals surface area contributed by atoms with Crippen molar-refractivity contribution in [2.24, 2.45) is 5.10 Å². The van der Waals surface area contributed by atoms with Crippen molar-refractivity contribution in [2.45, 2.75) is 13.3 Å². The summed E-state index contributed by atoms with van der Waals surface area (Å²) in [7, 11) is 1.61. The van der Waals surface area contributed by atoms with Crippen molar-refractivity contribution in [3.63, 3.8) is 0 Å². The molecule has 0 unspecified atom stereocenters. The fraction of sp³-hybridized carbons (Fsp3) is 0.308. The minimum absolute atomic E-state index is 0.431. The lowest BCUT2D eigenvalue weighted by Crippen LogP contribution is -2.01. The number of hydrogen-bond donors (Lipinski definition) is 1. The third-order valence-corrected chi connectivity index (χ3v) is 2.81. The number of methoxy groups -OCH3 is 1. The first-order valence-corrected chi connectivity index (χ1v) is 6.63. The van der Waals surface area contributed by atoms with E-state index in [1.54, 1.807) is 13.3 Å². The molecule has 1 aromatic heterocycles. The second kappa shape index (κ2) is 6.85. The Morgan fingerprint density at radius 1 is 1.50 bits per heavy atom. The molecule has 0 aliphatic rings. The van der Waals surface area contributed by atoms with Gasteiger partial charge < -0.3 is 9.47 Å². The summed E-state index contributed by atoms with van der Waals surface area (Å²) in [5, 5.41) is 10.7. The lowest BCUT2D eigenvalue weighted by atomic mass is 10.2. The van der Waals surface area contributed by atoms with E-state index in [4.69, 9.17) is 21.7 Å². The molecule has 0 saturated carbocycles. The van der Waals surface area contributed by atoms with Crippen LogP contribution in [0.3, 0.4) is 0 Å². The Kier molecular flexibility index (Phi) is 4.89. The number of nitrogens with one attached hydrogen (secondary N) is 1. The molecule has 0 saturated heterocycles. The fourth-order valence-electron chi connectivity index (χ4n) is 1.60. The first-order chi connectivity index (χ1) is 9.76. The number of benzene rings is 1. The highest BCUT2D eigenvalue weighted by atomic mass is 32.1. The predicted molar refractivity (Wildman–Crippen MR) is 79.2 cm³/mol. The van der Waals surface area contributed by atoms with Crippen LogP contribution in [0.4, 0.5) is 0 Å². The van der Waals surface area contributed by atoms with Crippen LogP contribution in [0.15, 0.2) is 29.6 Å². The normalized spacial score (nSPS) is 10.9. The number of rotatable bonds is 6. The van der Waals surface area contributed by atoms with Gasteiger partial charge in [0, 0.05) is 5.56 Å². The van der Waals surface area contributed by atoms with E-state index in [1.165, 1.54) is 11.0 Å². The third-order valence-electron chi connectivity index (χ3n) is 2.54. The number of aromatic nitrogens is 3. The Balaban J connectivity index is 2.33. The molecule has 0 aliphatic carbocycles. The molecule has 0 aliphatic heterocycles. The topological polar surface area (TPSA) is 64.4 Å². The van der Waals surface area contributed by atoms with Gasteiger partial charge >= 0.3 is 0 Å². The average molecular weight is 292 g/mol. The third kappa shape index (κ3) is 3.24. The van der Waals surface area contributed by atoms with Crippen molar-refractivity contribution in [1.29, 1.82) is 0 Å². The summed E-state index contributed by atoms with van der Waals surface area (Å²) in [5.74, 6) is 1.36. The van der Waals surface area contributed by atoms with E-state index in [0.717, 1.165) is 12.0 Å². The maximum atomic E-state index is 5.73. The Morgan fingerprint density at radius 2 is 2.35 bits per heavy atom. The first kappa shape index (κ1) is 14.3. The van der Waals surface area contributed by atoms with Gasteiger partial charge in [-0.1, -0.05) is 13.0 Å². The molecule has 0 fully saturated rings. The highest BCUT2D eigenvalue weighted by Gasteiger charge is 2.08. The van der Waals surface area contributed by atoms with E-state index >= 15 is 0 Å². The summed E-state index contributed by atoms with van der Waals surface area (Å²) in [5.41, 5.74) is 0.820. The summed E-state index contributed by atoms with van der Waals surface area (Å²) in [6.07, 6.45) is 4.09. The van der Waals surface area contributed by atoms with Crippen molar-refractivity contribution in [3.05, 3.63) is 34.9 Å². The van der Waals surface area contributed by atoms with Crippen LogP contribution in [-0.4, -0.2) is 34.8 Å². The molecule has 7 heteroatoms. The van der Waals surface area contributed by atoms with Crippen molar-refractivity contribution in [1.82, 2.24) is 14.9 Å². The van der Waals surface area contributed by atoms with Crippen molar-refractivity contribution < 1.29 is 9.47 Å². The van der Waals surface area contributed by atoms with E-state index in [9.17, 15) is 0 Å². The van der Waals surface area contributed by atoms with E-state index in [0.29, 0.717) is 22.9 Å². The van der Waals surface area contributed by atoms with E-state index in [1.807, 2.05) is 25.1 Å². The second-order valence-electron chi connectivity index (χ2n) is 3.98. The van der Waals surface area contributed by atoms with Crippen molar-refractivity contribution >= 4 is 18.4 Å². The Labute approximate surface area is 122 Å². The van der Waals surface area contributed by atoms with E-state index in [2.05, 4.69) is 15.3 Å². The number of hydrogen-bond acceptors (Lipinski definition) is 5. The maximum Gasteiger partial charge on any atom is 0.216 e. The van der Waals surface area contributed by atoms with Crippen LogP contribution in [0.5, 0.6) is 11.5 Å². The molecule has 2 aromatic rings. The van der Waals surface area contributed by atoms with Crippen LogP contribution in [0.1, 0.15) is 18.9 Å². The summed E-state index contributed by atoms with van der Waals surface area (Å²) in [6, 6.07) is 5.64. The lowest BCUT2D eigenvalue weighted by Gasteiger charge is -2.12. The highest BCUT2D eigenvalue weighted by Crippen LogP contribution is 2.30. The van der Waals surface area contributed by atoms with Gasteiger partial charge in [-0.05, 0) is 30.8 Å². The Hall–Kier alpha value is -2.15. The first-order valence-electron chi connectivity index (χ1n) is 6.22. The monoisotopic (exact) mass is 292 g/mol. The molecule has 1 heterocycles. The molecule has 0 amide bonds. The lowest BCUT2D eigenvalue weighted by molar-refractivity contribution is 0.294. The molecular formula is C13H16N4O2S. The van der Waals surface area contributed by atoms with Crippen molar-refractivity contribution in [3.8, 4) is 11.5 Å². The standard InChI is InChI=1S/C13H16N4O2S/c1-3-7-19-12-10(5-4-6-11(12)18-2)8-15-17-9-14-16-13(17)20/h4-6,8-9H,3,7H2,1-2H3,(H,16,20)/b15-8+. The molecule has 2 rings (SSSR count). The number of aromatic amines is 1. The van der Waals surface area contributed by atoms with Gasteiger partial charge in [-0.15, -0.1) is 0 Å². The van der Waals surface area contributed by atoms with Crippen LogP contribution in [0, 0.1) is 4.77 Å². The van der Waals surface area contributed by atoms with Gasteiger partial charge in [0.2, 0.25) is 4.77 Å². The largest absolute Gasteiger partial charge is 0.493 e. The van der Waals surface area contributed by atoms with Gasteiger partial charge in [0.25, 0.3) is 0 Å². The molecule has 0 atom stereocenters. The van der Waals surface area contributed by atoms with E-state index < -0.39 is 0 Å². The molecule has 0 bridgehead atoms. The fourth-order valence-corrected chi connectivity index (χ4v) is 1.75. The minimum atomic E-state index is 0.431. The predicted octanol–water partition coefficient (Wildman–Crippen LogP) is 2.62. The Bertz CT molecular complexity index is 648. The molecule has 1 aromatic carbocycles. The molecule has 106 valence electrons. The second-order valence-corrected chi connectivity index (χ2v) is 4.36. The molecule has 0 spiro atoms.